The van der Waals surface area contributed by atoms with Crippen molar-refractivity contribution in [1.29, 1.82) is 0 Å². The Kier molecular flexibility index (Phi) is 6.79. The zero-order valence-electron chi connectivity index (χ0n) is 20.6. The van der Waals surface area contributed by atoms with Crippen LogP contribution in [0.25, 0.3) is 11.1 Å². The second kappa shape index (κ2) is 10.3. The first kappa shape index (κ1) is 23.7. The van der Waals surface area contributed by atoms with Gasteiger partial charge in [-0.2, -0.15) is 0 Å². The van der Waals surface area contributed by atoms with Crippen molar-refractivity contribution in [3.8, 4) is 11.5 Å². The summed E-state index contributed by atoms with van der Waals surface area (Å²) >= 11 is 0. The number of methoxy groups -OCH3 is 2. The maximum atomic E-state index is 12.9. The number of ether oxygens (including phenoxy) is 2. The number of para-hydroxylation sites is 2. The quantitative estimate of drug-likeness (QED) is 0.374. The Bertz CT molecular complexity index is 1390. The molecule has 9 heteroatoms. The number of rotatable bonds is 8. The first-order valence-corrected chi connectivity index (χ1v) is 12.1. The van der Waals surface area contributed by atoms with Gasteiger partial charge in [-0.05, 0) is 42.7 Å². The number of likely N-dealkylation sites (tertiary alicyclic amines) is 1. The van der Waals surface area contributed by atoms with Crippen LogP contribution >= 0.6 is 0 Å². The topological polar surface area (TPSA) is 91.7 Å². The van der Waals surface area contributed by atoms with Crippen molar-refractivity contribution >= 4 is 17.0 Å². The van der Waals surface area contributed by atoms with E-state index in [-0.39, 0.29) is 18.2 Å². The molecule has 1 fully saturated rings. The molecule has 1 aliphatic rings. The summed E-state index contributed by atoms with van der Waals surface area (Å²) < 4.78 is 19.8. The third-order valence-electron chi connectivity index (χ3n) is 6.85. The Morgan fingerprint density at radius 2 is 1.81 bits per heavy atom. The Morgan fingerprint density at radius 1 is 1.08 bits per heavy atom. The molecule has 0 aliphatic carbocycles. The van der Waals surface area contributed by atoms with E-state index in [0.29, 0.717) is 31.8 Å². The van der Waals surface area contributed by atoms with Crippen LogP contribution in [0, 0.1) is 0 Å². The number of nitrogens with zero attached hydrogens (tertiary/aromatic N) is 4. The van der Waals surface area contributed by atoms with Gasteiger partial charge in [-0.1, -0.05) is 12.1 Å². The predicted molar refractivity (Wildman–Crippen MR) is 135 cm³/mol. The molecule has 2 aromatic carbocycles. The number of amides is 1. The van der Waals surface area contributed by atoms with Crippen LogP contribution in [-0.2, 0) is 17.9 Å². The lowest BCUT2D eigenvalue weighted by Gasteiger charge is -2.32. The van der Waals surface area contributed by atoms with E-state index in [4.69, 9.17) is 13.9 Å². The van der Waals surface area contributed by atoms with Crippen molar-refractivity contribution in [3.05, 3.63) is 76.8 Å². The molecule has 2 aromatic heterocycles. The normalized spacial score (nSPS) is 14.3. The zero-order chi connectivity index (χ0) is 25.1. The lowest BCUT2D eigenvalue weighted by molar-refractivity contribution is -0.132. The number of aryl methyl sites for hydroxylation is 1. The first-order valence-electron chi connectivity index (χ1n) is 12.1. The van der Waals surface area contributed by atoms with Gasteiger partial charge in [0.1, 0.15) is 17.3 Å². The zero-order valence-corrected chi connectivity index (χ0v) is 20.6. The highest BCUT2D eigenvalue weighted by atomic mass is 16.5. The Hall–Kier alpha value is -4.01. The molecule has 0 unspecified atom stereocenters. The smallest absolute Gasteiger partial charge is 0.419 e. The summed E-state index contributed by atoms with van der Waals surface area (Å²) in [4.78, 5) is 31.6. The molecule has 0 spiro atoms. The molecular weight excluding hydrogens is 460 g/mol. The molecule has 1 saturated heterocycles. The average Bonchev–Trinajstić information content (AvgIpc) is 3.50. The van der Waals surface area contributed by atoms with Crippen molar-refractivity contribution in [2.45, 2.75) is 38.3 Å². The highest BCUT2D eigenvalue weighted by Gasteiger charge is 2.26. The van der Waals surface area contributed by atoms with Gasteiger partial charge in [0.15, 0.2) is 5.58 Å². The van der Waals surface area contributed by atoms with Crippen LogP contribution in [0.2, 0.25) is 0 Å². The highest BCUT2D eigenvalue weighted by Crippen LogP contribution is 2.29. The van der Waals surface area contributed by atoms with Gasteiger partial charge in [-0.25, -0.2) is 9.78 Å². The van der Waals surface area contributed by atoms with Crippen molar-refractivity contribution in [2.24, 2.45) is 0 Å². The summed E-state index contributed by atoms with van der Waals surface area (Å²) in [5, 5.41) is 0. The van der Waals surface area contributed by atoms with Crippen LogP contribution in [0.1, 0.15) is 36.6 Å². The van der Waals surface area contributed by atoms with E-state index in [0.717, 1.165) is 41.2 Å². The lowest BCUT2D eigenvalue weighted by atomic mass is 9.95. The fourth-order valence-corrected chi connectivity index (χ4v) is 4.95. The maximum Gasteiger partial charge on any atom is 0.419 e. The first-order chi connectivity index (χ1) is 17.6. The van der Waals surface area contributed by atoms with Gasteiger partial charge in [-0.3, -0.25) is 9.36 Å². The highest BCUT2D eigenvalue weighted by molar-refractivity contribution is 5.77. The molecule has 9 nitrogen and oxygen atoms in total. The standard InChI is InChI=1S/C27H30N4O5/c1-34-21-15-19(16-22(17-21)35-2)18-30-14-10-28-26(30)20-7-11-29(12-8-20)25(32)9-13-31-23-5-3-4-6-24(23)36-27(31)33/h3-6,10,14-17,20H,7-9,11-13,18H2,1-2H3. The molecule has 4 aromatic rings. The van der Waals surface area contributed by atoms with E-state index < -0.39 is 5.76 Å². The molecule has 0 radical (unpaired) electrons. The lowest BCUT2D eigenvalue weighted by Crippen LogP contribution is -2.39. The minimum atomic E-state index is -0.428. The number of fused-ring (bicyclic) bond motifs is 1. The molecule has 1 amide bonds. The van der Waals surface area contributed by atoms with Gasteiger partial charge in [-0.15, -0.1) is 0 Å². The third kappa shape index (κ3) is 4.86. The van der Waals surface area contributed by atoms with E-state index in [1.165, 1.54) is 4.57 Å². The number of aromatic nitrogens is 3. The summed E-state index contributed by atoms with van der Waals surface area (Å²) in [5.41, 5.74) is 2.33. The van der Waals surface area contributed by atoms with Gasteiger partial charge in [0.25, 0.3) is 0 Å². The summed E-state index contributed by atoms with van der Waals surface area (Å²) in [7, 11) is 3.29. The number of imidazole rings is 1. The van der Waals surface area contributed by atoms with Crippen LogP contribution in [0.5, 0.6) is 11.5 Å². The fraction of sp³-hybridized carbons (Fsp3) is 0.370. The number of hydrogen-bond donors (Lipinski definition) is 0. The van der Waals surface area contributed by atoms with Gasteiger partial charge in [0.05, 0.1) is 19.7 Å². The maximum absolute atomic E-state index is 12.9. The Labute approximate surface area is 208 Å². The number of piperidine rings is 1. The summed E-state index contributed by atoms with van der Waals surface area (Å²) in [5.74, 6) is 2.44. The van der Waals surface area contributed by atoms with Gasteiger partial charge in [0.2, 0.25) is 5.91 Å². The largest absolute Gasteiger partial charge is 0.497 e. The SMILES string of the molecule is COc1cc(Cn2ccnc2C2CCN(C(=O)CCn3c(=O)oc4ccccc43)CC2)cc(OC)c1. The summed E-state index contributed by atoms with van der Waals surface area (Å²) in [6.07, 6.45) is 5.78. The minimum Gasteiger partial charge on any atom is -0.497 e. The van der Waals surface area contributed by atoms with E-state index in [1.54, 1.807) is 20.3 Å². The van der Waals surface area contributed by atoms with Crippen LogP contribution < -0.4 is 15.2 Å². The van der Waals surface area contributed by atoms with E-state index in [9.17, 15) is 9.59 Å². The molecule has 5 rings (SSSR count). The van der Waals surface area contributed by atoms with Crippen molar-refractivity contribution in [3.63, 3.8) is 0 Å². The van der Waals surface area contributed by atoms with Crippen molar-refractivity contribution in [2.75, 3.05) is 27.3 Å². The Balaban J connectivity index is 1.19. The van der Waals surface area contributed by atoms with E-state index in [1.807, 2.05) is 53.7 Å². The minimum absolute atomic E-state index is 0.0532. The molecule has 0 atom stereocenters. The van der Waals surface area contributed by atoms with Crippen molar-refractivity contribution in [1.82, 2.24) is 19.0 Å². The molecule has 3 heterocycles. The van der Waals surface area contributed by atoms with Gasteiger partial charge in [0, 0.05) is 57.0 Å². The number of benzene rings is 2. The molecule has 0 N–H and O–H groups in total. The van der Waals surface area contributed by atoms with Crippen LogP contribution in [0.4, 0.5) is 0 Å². The number of hydrogen-bond acceptors (Lipinski definition) is 6. The van der Waals surface area contributed by atoms with Crippen LogP contribution in [0.3, 0.4) is 0 Å². The molecule has 36 heavy (non-hydrogen) atoms. The van der Waals surface area contributed by atoms with Crippen LogP contribution in [0.15, 0.2) is 64.1 Å². The van der Waals surface area contributed by atoms with Crippen molar-refractivity contribution < 1.29 is 18.7 Å². The second-order valence-corrected chi connectivity index (χ2v) is 9.03. The summed E-state index contributed by atoms with van der Waals surface area (Å²) in [6, 6.07) is 13.1. The Morgan fingerprint density at radius 3 is 2.53 bits per heavy atom. The third-order valence-corrected chi connectivity index (χ3v) is 6.85. The van der Waals surface area contributed by atoms with Gasteiger partial charge >= 0.3 is 5.76 Å². The van der Waals surface area contributed by atoms with Crippen LogP contribution in [-0.4, -0.2) is 52.2 Å². The molecule has 0 bridgehead atoms. The number of carbonyl (C=O) groups is 1. The molecule has 0 saturated carbocycles. The average molecular weight is 491 g/mol. The second-order valence-electron chi connectivity index (χ2n) is 9.03. The monoisotopic (exact) mass is 490 g/mol. The predicted octanol–water partition coefficient (Wildman–Crippen LogP) is 3.65. The van der Waals surface area contributed by atoms with Gasteiger partial charge < -0.3 is 23.4 Å². The molecular formula is C27H30N4O5. The number of carbonyl (C=O) groups excluding carboxylic acids is 1. The molecule has 188 valence electrons. The summed E-state index contributed by atoms with van der Waals surface area (Å²) in [6.45, 7) is 2.31. The van der Waals surface area contributed by atoms with E-state index in [2.05, 4.69) is 9.55 Å². The van der Waals surface area contributed by atoms with E-state index >= 15 is 0 Å². The fourth-order valence-electron chi connectivity index (χ4n) is 4.95. The molecule has 1 aliphatic heterocycles. The number of oxazole rings is 1.